The lowest BCUT2D eigenvalue weighted by atomic mass is 10.2. The molecule has 0 radical (unpaired) electrons. The number of carbonyl (C=O) groups is 2. The Hall–Kier alpha value is -3.56. The van der Waals surface area contributed by atoms with Crippen molar-refractivity contribution in [3.05, 3.63) is 101 Å². The van der Waals surface area contributed by atoms with Crippen LogP contribution in [-0.4, -0.2) is 38.8 Å². The first-order valence-electron chi connectivity index (χ1n) is 10.0. The monoisotopic (exact) mass is 470 g/mol. The van der Waals surface area contributed by atoms with Crippen LogP contribution in [0.15, 0.2) is 83.8 Å². The molecule has 0 saturated heterocycles. The van der Waals surface area contributed by atoms with E-state index in [1.807, 2.05) is 6.07 Å². The van der Waals surface area contributed by atoms with Crippen LogP contribution in [0.4, 0.5) is 4.39 Å². The number of carbonyl (C=O) groups excluding carboxylic acids is 2. The molecule has 0 atom stereocenters. The minimum absolute atomic E-state index is 0.00609. The van der Waals surface area contributed by atoms with Crippen molar-refractivity contribution in [2.45, 2.75) is 18.0 Å². The smallest absolute Gasteiger partial charge is 0.338 e. The summed E-state index contributed by atoms with van der Waals surface area (Å²) in [6.45, 7) is -0.190. The van der Waals surface area contributed by atoms with E-state index in [9.17, 15) is 22.4 Å². The zero-order chi connectivity index (χ0) is 23.8. The molecule has 0 aliphatic rings. The van der Waals surface area contributed by atoms with Gasteiger partial charge in [0.05, 0.1) is 10.5 Å². The summed E-state index contributed by atoms with van der Waals surface area (Å²) in [5, 5.41) is 0. The first-order chi connectivity index (χ1) is 15.7. The first-order valence-corrected chi connectivity index (χ1v) is 11.5. The number of amides is 1. The summed E-state index contributed by atoms with van der Waals surface area (Å²) in [7, 11) is -2.32. The Kier molecular flexibility index (Phi) is 7.92. The fraction of sp³-hybridized carbons (Fsp3) is 0.167. The minimum Gasteiger partial charge on any atom is -0.452 e. The lowest BCUT2D eigenvalue weighted by Crippen LogP contribution is -2.30. The van der Waals surface area contributed by atoms with Crippen molar-refractivity contribution in [3.63, 3.8) is 0 Å². The van der Waals surface area contributed by atoms with Crippen molar-refractivity contribution in [2.24, 2.45) is 0 Å². The van der Waals surface area contributed by atoms with Crippen molar-refractivity contribution in [1.29, 1.82) is 0 Å². The quantitative estimate of drug-likeness (QED) is 0.485. The van der Waals surface area contributed by atoms with Gasteiger partial charge in [-0.2, -0.15) is 0 Å². The van der Waals surface area contributed by atoms with Crippen LogP contribution in [0.5, 0.6) is 0 Å². The lowest BCUT2D eigenvalue weighted by molar-refractivity contribution is -0.133. The molecule has 0 aliphatic heterocycles. The number of rotatable bonds is 9. The van der Waals surface area contributed by atoms with Crippen LogP contribution in [0, 0.1) is 5.82 Å². The summed E-state index contributed by atoms with van der Waals surface area (Å²) in [6, 6.07) is 20.1. The highest BCUT2D eigenvalue weighted by Crippen LogP contribution is 2.14. The van der Waals surface area contributed by atoms with Gasteiger partial charge in [-0.05, 0) is 41.5 Å². The van der Waals surface area contributed by atoms with E-state index in [1.54, 1.807) is 36.4 Å². The maximum absolute atomic E-state index is 13.0. The largest absolute Gasteiger partial charge is 0.452 e. The second-order valence-electron chi connectivity index (χ2n) is 7.29. The minimum atomic E-state index is -3.86. The Balaban J connectivity index is 1.57. The normalized spacial score (nSPS) is 11.1. The number of halogens is 1. The summed E-state index contributed by atoms with van der Waals surface area (Å²) in [5.74, 6) is -1.65. The molecular weight excluding hydrogens is 447 g/mol. The van der Waals surface area contributed by atoms with E-state index in [1.165, 1.54) is 48.3 Å². The van der Waals surface area contributed by atoms with Crippen molar-refractivity contribution in [3.8, 4) is 0 Å². The molecule has 172 valence electrons. The van der Waals surface area contributed by atoms with Gasteiger partial charge in [-0.3, -0.25) is 4.79 Å². The number of hydrogen-bond donors (Lipinski definition) is 1. The summed E-state index contributed by atoms with van der Waals surface area (Å²) in [5.41, 5.74) is 1.52. The van der Waals surface area contributed by atoms with Crippen LogP contribution < -0.4 is 4.72 Å². The van der Waals surface area contributed by atoms with Crippen LogP contribution >= 0.6 is 0 Å². The Morgan fingerprint density at radius 3 is 2.33 bits per heavy atom. The van der Waals surface area contributed by atoms with Crippen molar-refractivity contribution >= 4 is 21.9 Å². The molecule has 1 N–H and O–H groups in total. The predicted molar refractivity (Wildman–Crippen MR) is 120 cm³/mol. The van der Waals surface area contributed by atoms with Crippen LogP contribution in [-0.2, 0) is 32.6 Å². The maximum atomic E-state index is 13.0. The first kappa shape index (κ1) is 24.1. The average molecular weight is 471 g/mol. The number of hydrogen-bond acceptors (Lipinski definition) is 5. The zero-order valence-corrected chi connectivity index (χ0v) is 18.7. The fourth-order valence-electron chi connectivity index (χ4n) is 2.92. The van der Waals surface area contributed by atoms with E-state index < -0.39 is 28.5 Å². The third-order valence-electron chi connectivity index (χ3n) is 4.77. The summed E-state index contributed by atoms with van der Waals surface area (Å²) < 4.78 is 45.7. The molecule has 3 aromatic carbocycles. The van der Waals surface area contributed by atoms with Gasteiger partial charge in [0, 0.05) is 20.1 Å². The van der Waals surface area contributed by atoms with Gasteiger partial charge in [0.15, 0.2) is 6.61 Å². The van der Waals surface area contributed by atoms with Crippen LogP contribution in [0.1, 0.15) is 21.5 Å². The number of sulfonamides is 1. The molecule has 0 aliphatic carbocycles. The molecule has 3 rings (SSSR count). The van der Waals surface area contributed by atoms with Gasteiger partial charge in [-0.1, -0.05) is 48.5 Å². The van der Waals surface area contributed by atoms with Gasteiger partial charge in [-0.25, -0.2) is 22.3 Å². The molecule has 33 heavy (non-hydrogen) atoms. The standard InChI is InChI=1S/C24H23FN2O5S/c1-27(16-19-10-12-21(25)13-11-19)23(28)17-32-24(29)20-8-5-9-22(14-20)33(30,31)26-15-18-6-3-2-4-7-18/h2-14,26H,15-17H2,1H3. The number of likely N-dealkylation sites (N-methyl/N-ethyl adjacent to an activating group) is 1. The lowest BCUT2D eigenvalue weighted by Gasteiger charge is -2.17. The average Bonchev–Trinajstić information content (AvgIpc) is 2.83. The molecule has 0 aromatic heterocycles. The van der Waals surface area contributed by atoms with Gasteiger partial charge >= 0.3 is 5.97 Å². The Bertz CT molecular complexity index is 1220. The summed E-state index contributed by atoms with van der Waals surface area (Å²) >= 11 is 0. The number of benzene rings is 3. The number of esters is 1. The highest BCUT2D eigenvalue weighted by Gasteiger charge is 2.18. The molecular formula is C24H23FN2O5S. The highest BCUT2D eigenvalue weighted by atomic mass is 32.2. The van der Waals surface area contributed by atoms with Crippen LogP contribution in [0.25, 0.3) is 0 Å². The number of nitrogens with zero attached hydrogens (tertiary/aromatic N) is 1. The topological polar surface area (TPSA) is 92.8 Å². The van der Waals surface area contributed by atoms with Crippen molar-refractivity contribution < 1.29 is 27.1 Å². The molecule has 7 nitrogen and oxygen atoms in total. The molecule has 3 aromatic rings. The number of nitrogens with one attached hydrogen (secondary N) is 1. The Morgan fingerprint density at radius 1 is 0.939 bits per heavy atom. The SMILES string of the molecule is CN(Cc1ccc(F)cc1)C(=O)COC(=O)c1cccc(S(=O)(=O)NCc2ccccc2)c1. The van der Waals surface area contributed by atoms with Crippen molar-refractivity contribution in [1.82, 2.24) is 9.62 Å². The molecule has 0 spiro atoms. The van der Waals surface area contributed by atoms with E-state index in [2.05, 4.69) is 4.72 Å². The molecule has 0 fully saturated rings. The third-order valence-corrected chi connectivity index (χ3v) is 6.17. The molecule has 0 bridgehead atoms. The molecule has 0 heterocycles. The Labute approximate surface area is 191 Å². The maximum Gasteiger partial charge on any atom is 0.338 e. The second kappa shape index (κ2) is 10.8. The fourth-order valence-corrected chi connectivity index (χ4v) is 3.98. The zero-order valence-electron chi connectivity index (χ0n) is 17.9. The van der Waals surface area contributed by atoms with Gasteiger partial charge in [0.25, 0.3) is 5.91 Å². The third kappa shape index (κ3) is 6.96. The van der Waals surface area contributed by atoms with E-state index in [-0.39, 0.29) is 29.4 Å². The molecule has 0 unspecified atom stereocenters. The Morgan fingerprint density at radius 2 is 1.64 bits per heavy atom. The molecule has 1 amide bonds. The van der Waals surface area contributed by atoms with Crippen LogP contribution in [0.2, 0.25) is 0 Å². The van der Waals surface area contributed by atoms with E-state index in [0.717, 1.165) is 11.1 Å². The predicted octanol–water partition coefficient (Wildman–Crippen LogP) is 3.12. The van der Waals surface area contributed by atoms with Gasteiger partial charge in [0.2, 0.25) is 10.0 Å². The van der Waals surface area contributed by atoms with Gasteiger partial charge in [-0.15, -0.1) is 0 Å². The van der Waals surface area contributed by atoms with E-state index >= 15 is 0 Å². The molecule has 0 saturated carbocycles. The second-order valence-corrected chi connectivity index (χ2v) is 9.06. The summed E-state index contributed by atoms with van der Waals surface area (Å²) in [6.07, 6.45) is 0. The molecule has 9 heteroatoms. The van der Waals surface area contributed by atoms with E-state index in [0.29, 0.717) is 0 Å². The van der Waals surface area contributed by atoms with Gasteiger partial charge < -0.3 is 9.64 Å². The van der Waals surface area contributed by atoms with E-state index in [4.69, 9.17) is 4.74 Å². The highest BCUT2D eigenvalue weighted by molar-refractivity contribution is 7.89. The number of ether oxygens (including phenoxy) is 1. The van der Waals surface area contributed by atoms with Gasteiger partial charge in [0.1, 0.15) is 5.82 Å². The van der Waals surface area contributed by atoms with Crippen LogP contribution in [0.3, 0.4) is 0 Å². The van der Waals surface area contributed by atoms with Crippen molar-refractivity contribution in [2.75, 3.05) is 13.7 Å². The summed E-state index contributed by atoms with van der Waals surface area (Å²) in [4.78, 5) is 25.9.